The zero-order valence-corrected chi connectivity index (χ0v) is 17.0. The van der Waals surface area contributed by atoms with E-state index in [0.29, 0.717) is 22.6 Å². The molecule has 0 fully saturated rings. The molecule has 1 aliphatic rings. The molecule has 5 heteroatoms. The Kier molecular flexibility index (Phi) is 4.96. The summed E-state index contributed by atoms with van der Waals surface area (Å²) in [5, 5.41) is 0. The summed E-state index contributed by atoms with van der Waals surface area (Å²) in [6.45, 7) is 6.34. The SMILES string of the molecule is CC(C)(C)c1ccc(C(=O)Oc2ccc3c(c2)O/C(=C/c2cccnc2)C3=O)cc1. The highest BCUT2D eigenvalue weighted by Gasteiger charge is 2.28. The minimum Gasteiger partial charge on any atom is -0.452 e. The van der Waals surface area contributed by atoms with Gasteiger partial charge in [0.15, 0.2) is 5.76 Å². The fraction of sp³-hybridized carbons (Fsp3) is 0.160. The van der Waals surface area contributed by atoms with Crippen molar-refractivity contribution in [2.24, 2.45) is 0 Å². The summed E-state index contributed by atoms with van der Waals surface area (Å²) < 4.78 is 11.2. The molecule has 0 amide bonds. The van der Waals surface area contributed by atoms with Crippen LogP contribution in [0.15, 0.2) is 72.8 Å². The van der Waals surface area contributed by atoms with Crippen molar-refractivity contribution in [1.82, 2.24) is 4.98 Å². The number of esters is 1. The number of pyridine rings is 1. The Balaban J connectivity index is 1.51. The number of aromatic nitrogens is 1. The van der Waals surface area contributed by atoms with E-state index in [0.717, 1.165) is 11.1 Å². The maximum Gasteiger partial charge on any atom is 0.343 e. The molecule has 0 radical (unpaired) electrons. The summed E-state index contributed by atoms with van der Waals surface area (Å²) in [6, 6.07) is 15.7. The Labute approximate surface area is 175 Å². The van der Waals surface area contributed by atoms with Crippen LogP contribution >= 0.6 is 0 Å². The minimum absolute atomic E-state index is 0.00727. The van der Waals surface area contributed by atoms with Gasteiger partial charge in [-0.3, -0.25) is 9.78 Å². The van der Waals surface area contributed by atoms with Crippen LogP contribution in [0.4, 0.5) is 0 Å². The smallest absolute Gasteiger partial charge is 0.343 e. The van der Waals surface area contributed by atoms with Crippen molar-refractivity contribution in [3.8, 4) is 11.5 Å². The fourth-order valence-electron chi connectivity index (χ4n) is 3.12. The molecule has 0 N–H and O–H groups in total. The van der Waals surface area contributed by atoms with Gasteiger partial charge in [0.1, 0.15) is 11.5 Å². The van der Waals surface area contributed by atoms with Crippen LogP contribution in [0, 0.1) is 0 Å². The molecule has 0 saturated heterocycles. The van der Waals surface area contributed by atoms with Gasteiger partial charge in [-0.05, 0) is 52.9 Å². The Morgan fingerprint density at radius 2 is 1.83 bits per heavy atom. The van der Waals surface area contributed by atoms with Crippen molar-refractivity contribution in [2.45, 2.75) is 26.2 Å². The summed E-state index contributed by atoms with van der Waals surface area (Å²) in [4.78, 5) is 29.1. The number of Topliss-reactive ketones (excluding diaryl/α,β-unsaturated/α-hetero) is 1. The van der Waals surface area contributed by atoms with E-state index >= 15 is 0 Å². The quantitative estimate of drug-likeness (QED) is 0.343. The van der Waals surface area contributed by atoms with E-state index < -0.39 is 5.97 Å². The van der Waals surface area contributed by atoms with Crippen molar-refractivity contribution < 1.29 is 19.1 Å². The highest BCUT2D eigenvalue weighted by atomic mass is 16.5. The highest BCUT2D eigenvalue weighted by molar-refractivity contribution is 6.14. The molecule has 0 unspecified atom stereocenters. The maximum atomic E-state index is 12.5. The van der Waals surface area contributed by atoms with Crippen molar-refractivity contribution >= 4 is 17.8 Å². The fourth-order valence-corrected chi connectivity index (χ4v) is 3.12. The average Bonchev–Trinajstić information content (AvgIpc) is 3.03. The minimum atomic E-state index is -0.467. The number of ether oxygens (including phenoxy) is 2. The topological polar surface area (TPSA) is 65.5 Å². The molecule has 5 nitrogen and oxygen atoms in total. The molecule has 30 heavy (non-hydrogen) atoms. The largest absolute Gasteiger partial charge is 0.452 e. The van der Waals surface area contributed by atoms with E-state index in [1.54, 1.807) is 54.9 Å². The van der Waals surface area contributed by atoms with E-state index in [4.69, 9.17) is 9.47 Å². The van der Waals surface area contributed by atoms with Crippen molar-refractivity contribution in [3.63, 3.8) is 0 Å². The lowest BCUT2D eigenvalue weighted by Gasteiger charge is -2.18. The van der Waals surface area contributed by atoms with Gasteiger partial charge < -0.3 is 9.47 Å². The molecule has 1 aromatic heterocycles. The van der Waals surface area contributed by atoms with Crippen LogP contribution in [-0.4, -0.2) is 16.7 Å². The van der Waals surface area contributed by atoms with E-state index in [9.17, 15) is 9.59 Å². The second-order valence-corrected chi connectivity index (χ2v) is 8.10. The van der Waals surface area contributed by atoms with Crippen LogP contribution in [0.5, 0.6) is 11.5 Å². The predicted octanol–water partition coefficient (Wildman–Crippen LogP) is 5.21. The van der Waals surface area contributed by atoms with Crippen molar-refractivity contribution in [2.75, 3.05) is 0 Å². The van der Waals surface area contributed by atoms with Crippen LogP contribution in [0.3, 0.4) is 0 Å². The summed E-state index contributed by atoms with van der Waals surface area (Å²) in [5.74, 6) is 0.201. The number of hydrogen-bond acceptors (Lipinski definition) is 5. The normalized spacial score (nSPS) is 14.4. The number of rotatable bonds is 3. The van der Waals surface area contributed by atoms with Gasteiger partial charge >= 0.3 is 5.97 Å². The van der Waals surface area contributed by atoms with Crippen molar-refractivity contribution in [3.05, 3.63) is 95.0 Å². The first-order valence-electron chi connectivity index (χ1n) is 9.62. The van der Waals surface area contributed by atoms with Gasteiger partial charge in [-0.25, -0.2) is 4.79 Å². The van der Waals surface area contributed by atoms with E-state index in [1.165, 1.54) is 0 Å². The predicted molar refractivity (Wildman–Crippen MR) is 114 cm³/mol. The summed E-state index contributed by atoms with van der Waals surface area (Å²) in [6.07, 6.45) is 4.94. The van der Waals surface area contributed by atoms with Crippen LogP contribution < -0.4 is 9.47 Å². The number of benzene rings is 2. The van der Waals surface area contributed by atoms with Gasteiger partial charge in [0.2, 0.25) is 5.78 Å². The zero-order valence-electron chi connectivity index (χ0n) is 17.0. The third-order valence-corrected chi connectivity index (χ3v) is 4.82. The average molecular weight is 399 g/mol. The molecule has 150 valence electrons. The Morgan fingerprint density at radius 3 is 2.50 bits per heavy atom. The molecule has 2 aromatic carbocycles. The van der Waals surface area contributed by atoms with Crippen molar-refractivity contribution in [1.29, 1.82) is 0 Å². The summed E-state index contributed by atoms with van der Waals surface area (Å²) >= 11 is 0. The maximum absolute atomic E-state index is 12.5. The van der Waals surface area contributed by atoms with E-state index in [2.05, 4.69) is 25.8 Å². The van der Waals surface area contributed by atoms with Crippen LogP contribution in [0.25, 0.3) is 6.08 Å². The lowest BCUT2D eigenvalue weighted by Crippen LogP contribution is -2.12. The number of fused-ring (bicyclic) bond motifs is 1. The lowest BCUT2D eigenvalue weighted by atomic mass is 9.87. The van der Waals surface area contributed by atoms with Gasteiger partial charge in [0, 0.05) is 18.5 Å². The second-order valence-electron chi connectivity index (χ2n) is 8.10. The molecule has 0 bridgehead atoms. The number of carbonyl (C=O) groups is 2. The number of ketones is 1. The van der Waals surface area contributed by atoms with Gasteiger partial charge in [-0.2, -0.15) is 0 Å². The van der Waals surface area contributed by atoms with E-state index in [1.807, 2.05) is 18.2 Å². The third kappa shape index (κ3) is 4.01. The highest BCUT2D eigenvalue weighted by Crippen LogP contribution is 2.35. The molecule has 0 aliphatic carbocycles. The monoisotopic (exact) mass is 399 g/mol. The molecule has 0 spiro atoms. The molecular formula is C25H21NO4. The van der Waals surface area contributed by atoms with Crippen LogP contribution in [0.2, 0.25) is 0 Å². The first kappa shape index (κ1) is 19.6. The number of allylic oxidation sites excluding steroid dienone is 1. The molecule has 0 saturated carbocycles. The zero-order chi connectivity index (χ0) is 21.3. The van der Waals surface area contributed by atoms with Gasteiger partial charge in [0.25, 0.3) is 0 Å². The standard InChI is InChI=1S/C25H21NO4/c1-25(2,3)18-8-6-17(7-9-18)24(28)29-19-10-11-20-21(14-19)30-22(23(20)27)13-16-5-4-12-26-15-16/h4-15H,1-3H3/b22-13+. The van der Waals surface area contributed by atoms with Crippen LogP contribution in [-0.2, 0) is 5.41 Å². The number of carbonyl (C=O) groups excluding carboxylic acids is 2. The van der Waals surface area contributed by atoms with Gasteiger partial charge in [-0.1, -0.05) is 39.0 Å². The first-order chi connectivity index (χ1) is 14.3. The Hall–Kier alpha value is -3.73. The van der Waals surface area contributed by atoms with E-state index in [-0.39, 0.29) is 17.0 Å². The third-order valence-electron chi connectivity index (χ3n) is 4.82. The van der Waals surface area contributed by atoms with Gasteiger partial charge in [-0.15, -0.1) is 0 Å². The molecular weight excluding hydrogens is 378 g/mol. The molecule has 3 aromatic rings. The summed E-state index contributed by atoms with van der Waals surface area (Å²) in [5.41, 5.74) is 2.79. The molecule has 0 atom stereocenters. The number of hydrogen-bond donors (Lipinski definition) is 0. The Morgan fingerprint density at radius 1 is 1.07 bits per heavy atom. The second kappa shape index (κ2) is 7.59. The molecule has 2 heterocycles. The Bertz CT molecular complexity index is 1140. The lowest BCUT2D eigenvalue weighted by molar-refractivity contribution is 0.0734. The number of nitrogens with zero attached hydrogens (tertiary/aromatic N) is 1. The summed E-state index contributed by atoms with van der Waals surface area (Å²) in [7, 11) is 0. The van der Waals surface area contributed by atoms with Crippen LogP contribution in [0.1, 0.15) is 52.6 Å². The van der Waals surface area contributed by atoms with Gasteiger partial charge in [0.05, 0.1) is 11.1 Å². The molecule has 4 rings (SSSR count). The molecule has 1 aliphatic heterocycles. The first-order valence-corrected chi connectivity index (χ1v) is 9.62.